The van der Waals surface area contributed by atoms with E-state index in [9.17, 15) is 14.7 Å². The fourth-order valence-electron chi connectivity index (χ4n) is 2.55. The summed E-state index contributed by atoms with van der Waals surface area (Å²) in [5, 5.41) is 10.4. The molecule has 0 radical (unpaired) electrons. The molecule has 0 aliphatic carbocycles. The minimum absolute atomic E-state index is 0.140. The summed E-state index contributed by atoms with van der Waals surface area (Å²) >= 11 is 0. The molecular formula is C16H20N2O3. The van der Waals surface area contributed by atoms with Crippen LogP contribution in [-0.4, -0.2) is 14.7 Å². The van der Waals surface area contributed by atoms with Gasteiger partial charge in [-0.05, 0) is 25.8 Å². The molecule has 0 saturated heterocycles. The number of nitrogens with zero attached hydrogens (tertiary/aromatic N) is 1. The van der Waals surface area contributed by atoms with Crippen molar-refractivity contribution < 1.29 is 5.11 Å². The SMILES string of the molecule is CCCC(C)n1c(O)c(-c2cccc(C)c2)c(=O)[nH]c1=O. The number of aromatic nitrogens is 2. The molecule has 1 aromatic heterocycles. The number of H-pyrrole nitrogens is 1. The molecule has 5 heteroatoms. The molecule has 1 heterocycles. The first-order chi connectivity index (χ1) is 9.95. The molecule has 1 atom stereocenters. The Morgan fingerprint density at radius 2 is 2.05 bits per heavy atom. The third kappa shape index (κ3) is 2.91. The van der Waals surface area contributed by atoms with Crippen LogP contribution in [0.2, 0.25) is 0 Å². The van der Waals surface area contributed by atoms with Crippen molar-refractivity contribution in [1.82, 2.24) is 9.55 Å². The van der Waals surface area contributed by atoms with E-state index in [0.717, 1.165) is 18.4 Å². The maximum atomic E-state index is 12.1. The Kier molecular flexibility index (Phi) is 4.31. The Labute approximate surface area is 122 Å². The Bertz CT molecular complexity index is 759. The van der Waals surface area contributed by atoms with Crippen molar-refractivity contribution in [2.24, 2.45) is 0 Å². The number of rotatable bonds is 4. The predicted octanol–water partition coefficient (Wildman–Crippen LogP) is 2.58. The molecule has 0 aliphatic heterocycles. The molecule has 0 amide bonds. The second kappa shape index (κ2) is 5.99. The lowest BCUT2D eigenvalue weighted by Crippen LogP contribution is -2.32. The number of aromatic hydroxyl groups is 1. The highest BCUT2D eigenvalue weighted by Gasteiger charge is 2.19. The first kappa shape index (κ1) is 15.1. The average Bonchev–Trinajstić information content (AvgIpc) is 2.38. The second-order valence-electron chi connectivity index (χ2n) is 5.34. The summed E-state index contributed by atoms with van der Waals surface area (Å²) in [7, 11) is 0. The molecule has 0 saturated carbocycles. The fraction of sp³-hybridized carbons (Fsp3) is 0.375. The standard InChI is InChI=1S/C16H20N2O3/c1-4-6-11(3)18-15(20)13(14(19)17-16(18)21)12-8-5-7-10(2)9-12/h5,7-9,11,20H,4,6H2,1-3H3,(H,17,19,21). The van der Waals surface area contributed by atoms with Gasteiger partial charge in [-0.3, -0.25) is 14.3 Å². The van der Waals surface area contributed by atoms with Gasteiger partial charge in [0, 0.05) is 6.04 Å². The molecule has 5 nitrogen and oxygen atoms in total. The minimum atomic E-state index is -0.574. The highest BCUT2D eigenvalue weighted by atomic mass is 16.3. The lowest BCUT2D eigenvalue weighted by molar-refractivity contribution is 0.363. The largest absolute Gasteiger partial charge is 0.494 e. The van der Waals surface area contributed by atoms with Crippen LogP contribution in [0.5, 0.6) is 5.88 Å². The third-order valence-electron chi connectivity index (χ3n) is 3.57. The molecule has 0 fully saturated rings. The molecule has 2 aromatic rings. The Balaban J connectivity index is 2.70. The van der Waals surface area contributed by atoms with Crippen LogP contribution in [0.15, 0.2) is 33.9 Å². The summed E-state index contributed by atoms with van der Waals surface area (Å²) in [5.74, 6) is -0.268. The monoisotopic (exact) mass is 288 g/mol. The summed E-state index contributed by atoms with van der Waals surface area (Å²) in [6, 6.07) is 7.10. The fourth-order valence-corrected chi connectivity index (χ4v) is 2.55. The minimum Gasteiger partial charge on any atom is -0.494 e. The van der Waals surface area contributed by atoms with Crippen molar-refractivity contribution in [2.75, 3.05) is 0 Å². The van der Waals surface area contributed by atoms with E-state index in [0.29, 0.717) is 5.56 Å². The second-order valence-corrected chi connectivity index (χ2v) is 5.34. The van der Waals surface area contributed by atoms with Gasteiger partial charge in [-0.25, -0.2) is 4.79 Å². The summed E-state index contributed by atoms with van der Waals surface area (Å²) in [5.41, 5.74) is 0.580. The van der Waals surface area contributed by atoms with E-state index in [4.69, 9.17) is 0 Å². The van der Waals surface area contributed by atoms with Crippen LogP contribution in [0.4, 0.5) is 0 Å². The van der Waals surface area contributed by atoms with Crippen molar-refractivity contribution in [3.8, 4) is 17.0 Å². The normalized spacial score (nSPS) is 12.3. The van der Waals surface area contributed by atoms with Gasteiger partial charge in [-0.15, -0.1) is 0 Å². The summed E-state index contributed by atoms with van der Waals surface area (Å²) < 4.78 is 1.25. The maximum Gasteiger partial charge on any atom is 0.331 e. The smallest absolute Gasteiger partial charge is 0.331 e. The topological polar surface area (TPSA) is 75.1 Å². The van der Waals surface area contributed by atoms with Crippen molar-refractivity contribution in [1.29, 1.82) is 0 Å². The van der Waals surface area contributed by atoms with E-state index >= 15 is 0 Å². The number of nitrogens with one attached hydrogen (secondary N) is 1. The number of benzene rings is 1. The van der Waals surface area contributed by atoms with E-state index in [2.05, 4.69) is 4.98 Å². The van der Waals surface area contributed by atoms with E-state index < -0.39 is 11.2 Å². The first-order valence-electron chi connectivity index (χ1n) is 7.10. The first-order valence-corrected chi connectivity index (χ1v) is 7.10. The van der Waals surface area contributed by atoms with Crippen molar-refractivity contribution in [3.63, 3.8) is 0 Å². The van der Waals surface area contributed by atoms with Crippen LogP contribution in [0, 0.1) is 6.92 Å². The number of hydrogen-bond acceptors (Lipinski definition) is 3. The van der Waals surface area contributed by atoms with Gasteiger partial charge in [-0.2, -0.15) is 0 Å². The number of aryl methyl sites for hydroxylation is 1. The van der Waals surface area contributed by atoms with Gasteiger partial charge in [-0.1, -0.05) is 43.2 Å². The predicted molar refractivity (Wildman–Crippen MR) is 82.8 cm³/mol. The lowest BCUT2D eigenvalue weighted by Gasteiger charge is -2.17. The third-order valence-corrected chi connectivity index (χ3v) is 3.57. The molecule has 1 unspecified atom stereocenters. The van der Waals surface area contributed by atoms with Gasteiger partial charge in [0.15, 0.2) is 0 Å². The van der Waals surface area contributed by atoms with Crippen LogP contribution in [0.25, 0.3) is 11.1 Å². The van der Waals surface area contributed by atoms with Crippen LogP contribution >= 0.6 is 0 Å². The van der Waals surface area contributed by atoms with Crippen LogP contribution in [-0.2, 0) is 0 Å². The lowest BCUT2D eigenvalue weighted by atomic mass is 10.1. The van der Waals surface area contributed by atoms with E-state index in [1.807, 2.05) is 39.0 Å². The number of hydrogen-bond donors (Lipinski definition) is 2. The van der Waals surface area contributed by atoms with Crippen LogP contribution in [0.3, 0.4) is 0 Å². The zero-order chi connectivity index (χ0) is 15.6. The summed E-state index contributed by atoms with van der Waals surface area (Å²) in [6.07, 6.45) is 1.62. The Hall–Kier alpha value is -2.30. The van der Waals surface area contributed by atoms with Crippen molar-refractivity contribution >= 4 is 0 Å². The van der Waals surface area contributed by atoms with E-state index in [1.54, 1.807) is 6.07 Å². The van der Waals surface area contributed by atoms with Gasteiger partial charge in [0.2, 0.25) is 5.88 Å². The Morgan fingerprint density at radius 3 is 2.67 bits per heavy atom. The molecule has 0 bridgehead atoms. The molecule has 2 rings (SSSR count). The molecule has 112 valence electrons. The zero-order valence-electron chi connectivity index (χ0n) is 12.5. The average molecular weight is 288 g/mol. The molecular weight excluding hydrogens is 268 g/mol. The number of aromatic amines is 1. The van der Waals surface area contributed by atoms with Gasteiger partial charge < -0.3 is 5.11 Å². The quantitative estimate of drug-likeness (QED) is 0.908. The van der Waals surface area contributed by atoms with Crippen LogP contribution < -0.4 is 11.2 Å². The van der Waals surface area contributed by atoms with E-state index in [1.165, 1.54) is 4.57 Å². The van der Waals surface area contributed by atoms with Gasteiger partial charge in [0.25, 0.3) is 5.56 Å². The highest BCUT2D eigenvalue weighted by Crippen LogP contribution is 2.27. The molecule has 1 aromatic carbocycles. The highest BCUT2D eigenvalue weighted by molar-refractivity contribution is 5.67. The Morgan fingerprint density at radius 1 is 1.33 bits per heavy atom. The molecule has 21 heavy (non-hydrogen) atoms. The van der Waals surface area contributed by atoms with Gasteiger partial charge in [0.1, 0.15) is 5.56 Å². The summed E-state index contributed by atoms with van der Waals surface area (Å²) in [6.45, 7) is 5.76. The molecule has 0 spiro atoms. The van der Waals surface area contributed by atoms with Gasteiger partial charge >= 0.3 is 5.69 Å². The van der Waals surface area contributed by atoms with Crippen LogP contribution in [0.1, 0.15) is 38.3 Å². The summed E-state index contributed by atoms with van der Waals surface area (Å²) in [4.78, 5) is 26.3. The molecule has 0 aliphatic rings. The zero-order valence-corrected chi connectivity index (χ0v) is 12.5. The van der Waals surface area contributed by atoms with Crippen molar-refractivity contribution in [3.05, 3.63) is 50.7 Å². The van der Waals surface area contributed by atoms with E-state index in [-0.39, 0.29) is 17.5 Å². The molecule has 2 N–H and O–H groups in total. The van der Waals surface area contributed by atoms with Gasteiger partial charge in [0.05, 0.1) is 0 Å². The maximum absolute atomic E-state index is 12.1. The van der Waals surface area contributed by atoms with Crippen molar-refractivity contribution in [2.45, 2.75) is 39.7 Å².